The Bertz CT molecular complexity index is 1140. The van der Waals surface area contributed by atoms with E-state index in [2.05, 4.69) is 55.3 Å². The third kappa shape index (κ3) is 3.73. The van der Waals surface area contributed by atoms with Gasteiger partial charge in [0, 0.05) is 49.2 Å². The van der Waals surface area contributed by atoms with Gasteiger partial charge in [-0.2, -0.15) is 4.98 Å². The molecule has 1 saturated carbocycles. The molecule has 1 saturated heterocycles. The highest BCUT2D eigenvalue weighted by atomic mass is 16.1. The summed E-state index contributed by atoms with van der Waals surface area (Å²) in [4.78, 5) is 35.4. The van der Waals surface area contributed by atoms with Crippen molar-refractivity contribution in [2.24, 2.45) is 4.99 Å². The summed E-state index contributed by atoms with van der Waals surface area (Å²) in [7, 11) is 0. The number of hydrogen-bond donors (Lipinski definition) is 2. The number of hydrogen-bond acceptors (Lipinski definition) is 8. The molecule has 4 aliphatic rings. The average molecular weight is 459 g/mol. The van der Waals surface area contributed by atoms with Gasteiger partial charge in [-0.25, -0.2) is 15.0 Å². The number of nitrogens with zero attached hydrogens (tertiary/aromatic N) is 6. The molecule has 176 valence electrons. The summed E-state index contributed by atoms with van der Waals surface area (Å²) in [5.41, 5.74) is 2.99. The molecule has 34 heavy (non-hydrogen) atoms. The third-order valence-electron chi connectivity index (χ3n) is 7.22. The van der Waals surface area contributed by atoms with E-state index in [0.717, 1.165) is 48.6 Å². The Kier molecular flexibility index (Phi) is 5.28. The van der Waals surface area contributed by atoms with E-state index >= 15 is 0 Å². The van der Waals surface area contributed by atoms with E-state index in [0.29, 0.717) is 29.9 Å². The second kappa shape index (κ2) is 8.47. The monoisotopic (exact) mass is 458 g/mol. The number of rotatable bonds is 4. The number of pyridine rings is 1. The maximum absolute atomic E-state index is 12.7. The predicted octanol–water partition coefficient (Wildman–Crippen LogP) is 2.93. The second-order valence-corrected chi connectivity index (χ2v) is 9.82. The van der Waals surface area contributed by atoms with Gasteiger partial charge in [-0.05, 0) is 50.5 Å². The maximum Gasteiger partial charge on any atom is 0.273 e. The summed E-state index contributed by atoms with van der Waals surface area (Å²) >= 11 is 0. The van der Waals surface area contributed by atoms with Gasteiger partial charge in [-0.15, -0.1) is 0 Å². The smallest absolute Gasteiger partial charge is 0.273 e. The topological polar surface area (TPSA) is 98.6 Å². The zero-order valence-corrected chi connectivity index (χ0v) is 19.6. The number of fused-ring (bicyclic) bond motifs is 3. The van der Waals surface area contributed by atoms with E-state index in [1.54, 1.807) is 6.21 Å². The quantitative estimate of drug-likeness (QED) is 0.722. The van der Waals surface area contributed by atoms with Crippen LogP contribution >= 0.6 is 0 Å². The number of amides is 1. The Morgan fingerprint density at radius 1 is 1.06 bits per heavy atom. The number of allylic oxidation sites excluding steroid dienone is 1. The van der Waals surface area contributed by atoms with Gasteiger partial charge in [0.05, 0.1) is 11.9 Å². The van der Waals surface area contributed by atoms with Crippen LogP contribution in [0.4, 0.5) is 23.3 Å². The molecule has 5 heterocycles. The van der Waals surface area contributed by atoms with Crippen molar-refractivity contribution >= 4 is 41.0 Å². The van der Waals surface area contributed by atoms with Crippen molar-refractivity contribution in [1.82, 2.24) is 20.3 Å². The summed E-state index contributed by atoms with van der Waals surface area (Å²) in [5.74, 6) is 1.88. The minimum Gasteiger partial charge on any atom is -0.367 e. The average Bonchev–Trinajstić information content (AvgIpc) is 3.45. The van der Waals surface area contributed by atoms with Crippen molar-refractivity contribution < 1.29 is 4.79 Å². The van der Waals surface area contributed by atoms with E-state index in [4.69, 9.17) is 4.98 Å². The van der Waals surface area contributed by atoms with Crippen LogP contribution in [0.1, 0.15) is 45.1 Å². The minimum absolute atomic E-state index is 0.120. The lowest BCUT2D eigenvalue weighted by molar-refractivity contribution is -0.118. The SMILES string of the molecule is CC1CN(c2ccc(Nc3ncc4c(n3)N(C3CCCC3)C3C(=O)N=CC=C43)nc2)CC(C)N1. The lowest BCUT2D eigenvalue weighted by Gasteiger charge is -2.37. The lowest BCUT2D eigenvalue weighted by Crippen LogP contribution is -2.54. The molecule has 3 atom stereocenters. The molecule has 0 radical (unpaired) electrons. The Morgan fingerprint density at radius 3 is 2.59 bits per heavy atom. The van der Waals surface area contributed by atoms with Gasteiger partial charge >= 0.3 is 0 Å². The zero-order chi connectivity index (χ0) is 23.2. The molecule has 2 N–H and O–H groups in total. The molecule has 1 amide bonds. The number of carbonyl (C=O) groups is 1. The van der Waals surface area contributed by atoms with Crippen LogP contribution < -0.4 is 20.4 Å². The van der Waals surface area contributed by atoms with Crippen molar-refractivity contribution in [3.8, 4) is 0 Å². The Balaban J connectivity index is 1.25. The predicted molar refractivity (Wildman–Crippen MR) is 134 cm³/mol. The maximum atomic E-state index is 12.7. The molecule has 9 heteroatoms. The van der Waals surface area contributed by atoms with Gasteiger partial charge < -0.3 is 20.4 Å². The van der Waals surface area contributed by atoms with E-state index in [1.807, 2.05) is 24.5 Å². The first-order valence-electron chi connectivity index (χ1n) is 12.2. The van der Waals surface area contributed by atoms with Gasteiger partial charge in [0.25, 0.3) is 5.91 Å². The molecule has 2 fully saturated rings. The van der Waals surface area contributed by atoms with E-state index in [-0.39, 0.29) is 11.9 Å². The molecule has 2 aromatic heterocycles. The van der Waals surface area contributed by atoms with E-state index in [1.165, 1.54) is 12.8 Å². The van der Waals surface area contributed by atoms with Crippen molar-refractivity contribution in [3.63, 3.8) is 0 Å². The molecular weight excluding hydrogens is 428 g/mol. The summed E-state index contributed by atoms with van der Waals surface area (Å²) in [5, 5.41) is 6.82. The largest absolute Gasteiger partial charge is 0.367 e. The highest BCUT2D eigenvalue weighted by molar-refractivity contribution is 6.13. The van der Waals surface area contributed by atoms with Crippen LogP contribution in [0.15, 0.2) is 35.6 Å². The van der Waals surface area contributed by atoms with Crippen LogP contribution in [-0.4, -0.2) is 64.3 Å². The first-order chi connectivity index (χ1) is 16.6. The molecule has 0 aromatic carbocycles. The van der Waals surface area contributed by atoms with E-state index in [9.17, 15) is 4.79 Å². The fraction of sp³-hybridized carbons (Fsp3) is 0.480. The normalized spacial score (nSPS) is 26.5. The highest BCUT2D eigenvalue weighted by Crippen LogP contribution is 2.44. The Hall–Kier alpha value is -3.33. The fourth-order valence-corrected chi connectivity index (χ4v) is 5.81. The molecule has 3 unspecified atom stereocenters. The first-order valence-corrected chi connectivity index (χ1v) is 12.2. The van der Waals surface area contributed by atoms with Gasteiger partial charge in [0.15, 0.2) is 0 Å². The van der Waals surface area contributed by atoms with Gasteiger partial charge in [-0.3, -0.25) is 4.79 Å². The number of piperazine rings is 1. The van der Waals surface area contributed by atoms with Crippen molar-refractivity contribution in [2.45, 2.75) is 63.7 Å². The number of nitrogens with one attached hydrogen (secondary N) is 2. The zero-order valence-electron chi connectivity index (χ0n) is 19.6. The molecule has 2 aromatic rings. The van der Waals surface area contributed by atoms with Crippen LogP contribution in [0.5, 0.6) is 0 Å². The van der Waals surface area contributed by atoms with Crippen LogP contribution in [0.2, 0.25) is 0 Å². The summed E-state index contributed by atoms with van der Waals surface area (Å²) in [6, 6.07) is 4.87. The standard InChI is InChI=1S/C25H30N8O/c1-15-13-32(14-16(2)29-15)18-7-8-21(27-11-18)30-25-28-12-20-19-9-10-26-24(34)22(19)33(23(20)31-25)17-5-3-4-6-17/h7-12,15-17,22,29H,3-6,13-14H2,1-2H3,(H,27,28,30,31). The van der Waals surface area contributed by atoms with Crippen molar-refractivity contribution in [3.05, 3.63) is 36.2 Å². The van der Waals surface area contributed by atoms with E-state index < -0.39 is 0 Å². The number of aliphatic imine (C=N–C) groups is 1. The summed E-state index contributed by atoms with van der Waals surface area (Å²) in [6.45, 7) is 6.34. The molecule has 0 spiro atoms. The Morgan fingerprint density at radius 2 is 1.85 bits per heavy atom. The van der Waals surface area contributed by atoms with Crippen molar-refractivity contribution in [1.29, 1.82) is 0 Å². The van der Waals surface area contributed by atoms with Gasteiger partial charge in [0.1, 0.15) is 17.7 Å². The second-order valence-electron chi connectivity index (χ2n) is 9.82. The Labute approximate surface area is 199 Å². The molecule has 6 rings (SSSR count). The minimum atomic E-state index is -0.381. The van der Waals surface area contributed by atoms with Gasteiger partial charge in [0.2, 0.25) is 5.95 Å². The van der Waals surface area contributed by atoms with Crippen LogP contribution in [-0.2, 0) is 4.79 Å². The third-order valence-corrected chi connectivity index (χ3v) is 7.22. The number of dihydropyridines is 1. The number of carbonyl (C=O) groups excluding carboxylic acids is 1. The molecule has 9 nitrogen and oxygen atoms in total. The van der Waals surface area contributed by atoms with Crippen LogP contribution in [0.25, 0.3) is 5.57 Å². The first kappa shape index (κ1) is 21.2. The lowest BCUT2D eigenvalue weighted by atomic mass is 10.0. The molecule has 1 aliphatic carbocycles. The molecule has 0 bridgehead atoms. The number of aromatic nitrogens is 3. The highest BCUT2D eigenvalue weighted by Gasteiger charge is 2.45. The molecular formula is C25H30N8O. The van der Waals surface area contributed by atoms with Crippen LogP contribution in [0.3, 0.4) is 0 Å². The summed E-state index contributed by atoms with van der Waals surface area (Å²) < 4.78 is 0. The van der Waals surface area contributed by atoms with Crippen molar-refractivity contribution in [2.75, 3.05) is 28.2 Å². The molecule has 3 aliphatic heterocycles. The van der Waals surface area contributed by atoms with Gasteiger partial charge in [-0.1, -0.05) is 12.8 Å². The fourth-order valence-electron chi connectivity index (χ4n) is 5.81. The number of anilines is 4. The summed E-state index contributed by atoms with van der Waals surface area (Å²) in [6.07, 6.45) is 11.7. The van der Waals surface area contributed by atoms with Crippen LogP contribution in [0, 0.1) is 0 Å².